The molecule has 0 spiro atoms. The molecule has 1 aliphatic carbocycles. The molecule has 0 saturated heterocycles. The molecule has 0 amide bonds. The van der Waals surface area contributed by atoms with Gasteiger partial charge in [-0.3, -0.25) is 0 Å². The van der Waals surface area contributed by atoms with E-state index < -0.39 is 0 Å². The molecule has 1 fully saturated rings. The van der Waals surface area contributed by atoms with Crippen molar-refractivity contribution in [1.29, 1.82) is 0 Å². The summed E-state index contributed by atoms with van der Waals surface area (Å²) in [6.45, 7) is 6.72. The van der Waals surface area contributed by atoms with Gasteiger partial charge in [0, 0.05) is 4.47 Å². The van der Waals surface area contributed by atoms with E-state index in [9.17, 15) is 4.39 Å². The van der Waals surface area contributed by atoms with Gasteiger partial charge in [-0.15, -0.1) is 0 Å². The number of hydrogen-bond acceptors (Lipinski definition) is 1. The van der Waals surface area contributed by atoms with E-state index in [2.05, 4.69) is 35.1 Å². The zero-order valence-electron chi connectivity index (χ0n) is 12.5. The van der Waals surface area contributed by atoms with E-state index in [0.717, 1.165) is 35.8 Å². The fourth-order valence-corrected chi connectivity index (χ4v) is 3.69. The molecule has 1 aliphatic rings. The van der Waals surface area contributed by atoms with Crippen LogP contribution in [0.15, 0.2) is 22.7 Å². The molecule has 20 heavy (non-hydrogen) atoms. The van der Waals surface area contributed by atoms with Gasteiger partial charge in [-0.05, 0) is 67.8 Å². The van der Waals surface area contributed by atoms with Crippen molar-refractivity contribution in [3.8, 4) is 0 Å². The molecule has 2 unspecified atom stereocenters. The molecule has 0 bridgehead atoms. The molecule has 3 heteroatoms. The lowest BCUT2D eigenvalue weighted by molar-refractivity contribution is 0.357. The maximum atomic E-state index is 13.1. The van der Waals surface area contributed by atoms with Crippen molar-refractivity contribution in [2.75, 3.05) is 13.1 Å². The monoisotopic (exact) mass is 341 g/mol. The highest BCUT2D eigenvalue weighted by atomic mass is 79.9. The van der Waals surface area contributed by atoms with Crippen molar-refractivity contribution in [1.82, 2.24) is 5.32 Å². The number of hydrogen-bond donors (Lipinski definition) is 1. The second kappa shape index (κ2) is 7.56. The molecule has 0 aromatic heterocycles. The van der Waals surface area contributed by atoms with Crippen LogP contribution in [0.25, 0.3) is 0 Å². The molecule has 1 aromatic rings. The third-order valence-corrected chi connectivity index (χ3v) is 5.01. The lowest BCUT2D eigenvalue weighted by Gasteiger charge is -2.21. The summed E-state index contributed by atoms with van der Waals surface area (Å²) in [6, 6.07) is 5.08. The van der Waals surface area contributed by atoms with Crippen molar-refractivity contribution in [3.05, 3.63) is 34.1 Å². The van der Waals surface area contributed by atoms with Crippen LogP contribution in [-0.4, -0.2) is 13.1 Å². The maximum Gasteiger partial charge on any atom is 0.124 e. The van der Waals surface area contributed by atoms with Gasteiger partial charge in [0.25, 0.3) is 0 Å². The molecule has 0 aliphatic heterocycles. The first-order valence-electron chi connectivity index (χ1n) is 7.71. The summed E-state index contributed by atoms with van der Waals surface area (Å²) in [5, 5.41) is 3.59. The summed E-state index contributed by atoms with van der Waals surface area (Å²) in [4.78, 5) is 0. The minimum absolute atomic E-state index is 0.165. The molecule has 112 valence electrons. The highest BCUT2D eigenvalue weighted by Crippen LogP contribution is 2.35. The summed E-state index contributed by atoms with van der Waals surface area (Å²) < 4.78 is 14.1. The fourth-order valence-electron chi connectivity index (χ4n) is 3.18. The molecule has 2 atom stereocenters. The van der Waals surface area contributed by atoms with Crippen LogP contribution in [0.4, 0.5) is 4.39 Å². The molecule has 2 rings (SSSR count). The third-order valence-electron chi connectivity index (χ3n) is 4.27. The lowest BCUT2D eigenvalue weighted by atomic mass is 9.89. The Kier molecular flexibility index (Phi) is 6.03. The molecule has 1 aromatic carbocycles. The smallest absolute Gasteiger partial charge is 0.124 e. The van der Waals surface area contributed by atoms with E-state index in [1.807, 2.05) is 6.07 Å². The Bertz CT molecular complexity index is 433. The Hall–Kier alpha value is -0.410. The zero-order chi connectivity index (χ0) is 14.5. The first-order chi connectivity index (χ1) is 9.56. The highest BCUT2D eigenvalue weighted by Gasteiger charge is 2.27. The van der Waals surface area contributed by atoms with Crippen molar-refractivity contribution < 1.29 is 4.39 Å². The second-order valence-corrected chi connectivity index (χ2v) is 7.30. The van der Waals surface area contributed by atoms with E-state index >= 15 is 0 Å². The average Bonchev–Trinajstić information content (AvgIpc) is 2.80. The van der Waals surface area contributed by atoms with Gasteiger partial charge in [0.2, 0.25) is 0 Å². The van der Waals surface area contributed by atoms with Crippen molar-refractivity contribution in [3.63, 3.8) is 0 Å². The van der Waals surface area contributed by atoms with Crippen LogP contribution in [-0.2, 0) is 6.42 Å². The summed E-state index contributed by atoms with van der Waals surface area (Å²) in [5.41, 5.74) is 1.24. The van der Waals surface area contributed by atoms with Crippen LogP contribution >= 0.6 is 15.9 Å². The van der Waals surface area contributed by atoms with Crippen LogP contribution < -0.4 is 5.32 Å². The number of benzene rings is 1. The van der Waals surface area contributed by atoms with Gasteiger partial charge in [-0.1, -0.05) is 42.3 Å². The molecule has 1 saturated carbocycles. The SMILES string of the molecule is CC(C)CNCC1CCCC1Cc1ccc(F)cc1Br. The highest BCUT2D eigenvalue weighted by molar-refractivity contribution is 9.10. The maximum absolute atomic E-state index is 13.1. The predicted molar refractivity (Wildman–Crippen MR) is 86.3 cm³/mol. The van der Waals surface area contributed by atoms with E-state index in [1.165, 1.54) is 24.8 Å². The van der Waals surface area contributed by atoms with E-state index in [4.69, 9.17) is 0 Å². The molecule has 0 radical (unpaired) electrons. The van der Waals surface area contributed by atoms with Gasteiger partial charge >= 0.3 is 0 Å². The first kappa shape index (κ1) is 16.0. The van der Waals surface area contributed by atoms with Gasteiger partial charge in [0.1, 0.15) is 5.82 Å². The minimum Gasteiger partial charge on any atom is -0.316 e. The molecule has 1 N–H and O–H groups in total. The van der Waals surface area contributed by atoms with Crippen LogP contribution in [0.1, 0.15) is 38.7 Å². The van der Waals surface area contributed by atoms with Crippen LogP contribution in [0.3, 0.4) is 0 Å². The van der Waals surface area contributed by atoms with Gasteiger partial charge in [0.05, 0.1) is 0 Å². The third kappa shape index (κ3) is 4.56. The van der Waals surface area contributed by atoms with Crippen LogP contribution in [0.5, 0.6) is 0 Å². The number of halogens is 2. The Labute approximate surface area is 130 Å². The zero-order valence-corrected chi connectivity index (χ0v) is 14.0. The van der Waals surface area contributed by atoms with Gasteiger partial charge < -0.3 is 5.32 Å². The Balaban J connectivity index is 1.90. The Morgan fingerprint density at radius 2 is 2.05 bits per heavy atom. The van der Waals surface area contributed by atoms with Gasteiger partial charge in [-0.2, -0.15) is 0 Å². The van der Waals surface area contributed by atoms with E-state index in [-0.39, 0.29) is 5.82 Å². The summed E-state index contributed by atoms with van der Waals surface area (Å²) in [6.07, 6.45) is 5.03. The van der Waals surface area contributed by atoms with E-state index in [0.29, 0.717) is 5.92 Å². The normalized spacial score (nSPS) is 22.6. The van der Waals surface area contributed by atoms with Crippen molar-refractivity contribution >= 4 is 15.9 Å². The van der Waals surface area contributed by atoms with Crippen LogP contribution in [0.2, 0.25) is 0 Å². The van der Waals surface area contributed by atoms with Gasteiger partial charge in [-0.25, -0.2) is 4.39 Å². The quantitative estimate of drug-likeness (QED) is 0.784. The summed E-state index contributed by atoms with van der Waals surface area (Å²) in [7, 11) is 0. The molecular weight excluding hydrogens is 317 g/mol. The average molecular weight is 342 g/mol. The predicted octanol–water partition coefficient (Wildman–Crippen LogP) is 4.79. The van der Waals surface area contributed by atoms with Gasteiger partial charge in [0.15, 0.2) is 0 Å². The van der Waals surface area contributed by atoms with Crippen LogP contribution in [0, 0.1) is 23.6 Å². The van der Waals surface area contributed by atoms with Crippen molar-refractivity contribution in [2.45, 2.75) is 39.5 Å². The second-order valence-electron chi connectivity index (χ2n) is 6.44. The Morgan fingerprint density at radius 1 is 1.30 bits per heavy atom. The standard InChI is InChI=1S/C17H25BrFN/c1-12(2)10-20-11-15-5-3-4-13(15)8-14-6-7-16(19)9-17(14)18/h6-7,9,12-13,15,20H,3-5,8,10-11H2,1-2H3. The topological polar surface area (TPSA) is 12.0 Å². The summed E-state index contributed by atoms with van der Waals surface area (Å²) in [5.74, 6) is 2.05. The Morgan fingerprint density at radius 3 is 2.75 bits per heavy atom. The first-order valence-corrected chi connectivity index (χ1v) is 8.50. The largest absolute Gasteiger partial charge is 0.316 e. The molecule has 0 heterocycles. The van der Waals surface area contributed by atoms with E-state index in [1.54, 1.807) is 12.1 Å². The minimum atomic E-state index is -0.165. The fraction of sp³-hybridized carbons (Fsp3) is 0.647. The molecular formula is C17H25BrFN. The number of nitrogens with one attached hydrogen (secondary N) is 1. The summed E-state index contributed by atoms with van der Waals surface area (Å²) >= 11 is 3.49. The lowest BCUT2D eigenvalue weighted by Crippen LogP contribution is -2.29. The van der Waals surface area contributed by atoms with Crippen molar-refractivity contribution in [2.24, 2.45) is 17.8 Å². The molecule has 1 nitrogen and oxygen atoms in total. The number of rotatable bonds is 6.